The van der Waals surface area contributed by atoms with Gasteiger partial charge in [0, 0.05) is 4.90 Å². The number of hydrogen-bond acceptors (Lipinski definition) is 6. The van der Waals surface area contributed by atoms with E-state index in [1.807, 2.05) is 0 Å². The van der Waals surface area contributed by atoms with Crippen molar-refractivity contribution in [3.63, 3.8) is 0 Å². The molecule has 0 radical (unpaired) electrons. The highest BCUT2D eigenvalue weighted by atomic mass is 32.2. The number of nitrogens with one attached hydrogen (secondary N) is 1. The van der Waals surface area contributed by atoms with Gasteiger partial charge in [-0.25, -0.2) is 4.68 Å². The maximum atomic E-state index is 12.5. The second-order valence-corrected chi connectivity index (χ2v) is 6.82. The summed E-state index contributed by atoms with van der Waals surface area (Å²) in [7, 11) is 0. The molecule has 0 spiro atoms. The Labute approximate surface area is 139 Å². The van der Waals surface area contributed by atoms with Crippen molar-refractivity contribution in [2.45, 2.75) is 34.7 Å². The van der Waals surface area contributed by atoms with Crippen molar-refractivity contribution in [1.82, 2.24) is 20.2 Å². The van der Waals surface area contributed by atoms with Crippen molar-refractivity contribution in [2.24, 2.45) is 0 Å². The van der Waals surface area contributed by atoms with Crippen LogP contribution in [0.5, 0.6) is 0 Å². The molecule has 23 heavy (non-hydrogen) atoms. The lowest BCUT2D eigenvalue weighted by Crippen LogP contribution is -2.15. The first-order valence-electron chi connectivity index (χ1n) is 6.88. The molecule has 1 N–H and O–H groups in total. The first-order chi connectivity index (χ1) is 11.1. The molecule has 1 aromatic heterocycles. The van der Waals surface area contributed by atoms with Crippen LogP contribution >= 0.6 is 23.5 Å². The van der Waals surface area contributed by atoms with Crippen molar-refractivity contribution in [1.29, 1.82) is 0 Å². The van der Waals surface area contributed by atoms with E-state index in [1.54, 1.807) is 28.9 Å². The maximum absolute atomic E-state index is 12.5. The number of carbonyl (C=O) groups excluding carboxylic acids is 1. The molecule has 2 aromatic rings. The van der Waals surface area contributed by atoms with Crippen LogP contribution < -0.4 is 5.32 Å². The molecule has 10 heteroatoms. The van der Waals surface area contributed by atoms with Crippen molar-refractivity contribution in [3.8, 4) is 0 Å². The van der Waals surface area contributed by atoms with E-state index in [4.69, 9.17) is 0 Å². The molecule has 1 heterocycles. The number of alkyl halides is 2. The maximum Gasteiger partial charge on any atom is 0.288 e. The number of aromatic nitrogens is 4. The van der Waals surface area contributed by atoms with E-state index in [0.29, 0.717) is 33.5 Å². The number of carbonyl (C=O) groups is 1. The Morgan fingerprint density at radius 3 is 2.91 bits per heavy atom. The van der Waals surface area contributed by atoms with Crippen molar-refractivity contribution in [2.75, 3.05) is 11.1 Å². The van der Waals surface area contributed by atoms with Gasteiger partial charge in [-0.15, -0.1) is 5.10 Å². The Balaban J connectivity index is 1.58. The zero-order valence-electron chi connectivity index (χ0n) is 11.9. The van der Waals surface area contributed by atoms with Gasteiger partial charge in [-0.2, -0.15) is 8.78 Å². The quantitative estimate of drug-likeness (QED) is 0.768. The Kier molecular flexibility index (Phi) is 5.11. The molecule has 0 aliphatic heterocycles. The summed E-state index contributed by atoms with van der Waals surface area (Å²) in [5.74, 6) is -2.71. The molecule has 6 nitrogen and oxygen atoms in total. The highest BCUT2D eigenvalue weighted by Crippen LogP contribution is 2.36. The molecule has 1 saturated carbocycles. The van der Waals surface area contributed by atoms with Gasteiger partial charge in [0.1, 0.15) is 0 Å². The summed E-state index contributed by atoms with van der Waals surface area (Å²) >= 11 is 1.64. The normalized spacial score (nSPS) is 14.2. The molecule has 1 fully saturated rings. The van der Waals surface area contributed by atoms with E-state index >= 15 is 0 Å². The van der Waals surface area contributed by atoms with Gasteiger partial charge in [0.2, 0.25) is 11.1 Å². The fourth-order valence-corrected chi connectivity index (χ4v) is 3.25. The van der Waals surface area contributed by atoms with E-state index in [0.717, 1.165) is 12.8 Å². The number of para-hydroxylation sites is 1. The molecule has 0 saturated heterocycles. The molecule has 122 valence electrons. The fourth-order valence-electron chi connectivity index (χ4n) is 1.91. The predicted molar refractivity (Wildman–Crippen MR) is 83.7 cm³/mol. The van der Waals surface area contributed by atoms with Gasteiger partial charge >= 0.3 is 0 Å². The lowest BCUT2D eigenvalue weighted by Gasteiger charge is -2.10. The molecular weight excluding hydrogens is 344 g/mol. The standard InChI is InChI=1S/C13H13F2N5OS2/c14-12(15)23-10-4-2-1-3-9(10)16-11(21)7-22-13-17-18-19-20(13)8-5-6-8/h1-4,8,12H,5-7H2,(H,16,21). The second kappa shape index (κ2) is 7.26. The number of thioether (sulfide) groups is 2. The zero-order chi connectivity index (χ0) is 16.2. The zero-order valence-corrected chi connectivity index (χ0v) is 13.5. The summed E-state index contributed by atoms with van der Waals surface area (Å²) in [6.07, 6.45) is 2.09. The van der Waals surface area contributed by atoms with Crippen molar-refractivity contribution in [3.05, 3.63) is 24.3 Å². The molecule has 0 unspecified atom stereocenters. The molecular formula is C13H13F2N5OS2. The van der Waals surface area contributed by atoms with Crippen LogP contribution in [0.15, 0.2) is 34.3 Å². The van der Waals surface area contributed by atoms with Crippen LogP contribution in [0.4, 0.5) is 14.5 Å². The van der Waals surface area contributed by atoms with Gasteiger partial charge in [-0.1, -0.05) is 35.7 Å². The molecule has 3 rings (SSSR count). The van der Waals surface area contributed by atoms with Crippen molar-refractivity contribution >= 4 is 35.1 Å². The van der Waals surface area contributed by atoms with Crippen LogP contribution in [0, 0.1) is 0 Å². The third-order valence-electron chi connectivity index (χ3n) is 3.06. The topological polar surface area (TPSA) is 72.7 Å². The fraction of sp³-hybridized carbons (Fsp3) is 0.385. The number of halogens is 2. The largest absolute Gasteiger partial charge is 0.324 e. The minimum atomic E-state index is -2.54. The van der Waals surface area contributed by atoms with Crippen molar-refractivity contribution < 1.29 is 13.6 Å². The Morgan fingerprint density at radius 1 is 1.39 bits per heavy atom. The lowest BCUT2D eigenvalue weighted by atomic mass is 10.3. The molecule has 0 atom stereocenters. The minimum Gasteiger partial charge on any atom is -0.324 e. The highest BCUT2D eigenvalue weighted by Gasteiger charge is 2.28. The number of nitrogens with zero attached hydrogens (tertiary/aromatic N) is 4. The number of amides is 1. The molecule has 0 bridgehead atoms. The van der Waals surface area contributed by atoms with Crippen LogP contribution in [0.3, 0.4) is 0 Å². The number of tetrazole rings is 1. The van der Waals surface area contributed by atoms with E-state index < -0.39 is 5.76 Å². The summed E-state index contributed by atoms with van der Waals surface area (Å²) in [4.78, 5) is 12.4. The van der Waals surface area contributed by atoms with Gasteiger partial charge < -0.3 is 5.32 Å². The Hall–Kier alpha value is -1.68. The van der Waals surface area contributed by atoms with Crippen LogP contribution in [0.1, 0.15) is 18.9 Å². The van der Waals surface area contributed by atoms with Gasteiger partial charge in [-0.05, 0) is 35.4 Å². The Bertz CT molecular complexity index is 693. The number of hydrogen-bond donors (Lipinski definition) is 1. The summed E-state index contributed by atoms with van der Waals surface area (Å²) in [5.41, 5.74) is 0.380. The second-order valence-electron chi connectivity index (χ2n) is 4.85. The summed E-state index contributed by atoms with van der Waals surface area (Å²) in [5, 5.41) is 14.7. The van der Waals surface area contributed by atoms with E-state index in [2.05, 4.69) is 20.8 Å². The number of anilines is 1. The van der Waals surface area contributed by atoms with Gasteiger partial charge in [-0.3, -0.25) is 4.79 Å². The average Bonchev–Trinajstić information content (AvgIpc) is 3.25. The van der Waals surface area contributed by atoms with E-state index in [1.165, 1.54) is 11.8 Å². The predicted octanol–water partition coefficient (Wildman–Crippen LogP) is 3.05. The van der Waals surface area contributed by atoms with Gasteiger partial charge in [0.05, 0.1) is 17.5 Å². The van der Waals surface area contributed by atoms with Crippen LogP contribution in [-0.2, 0) is 4.79 Å². The van der Waals surface area contributed by atoms with Gasteiger partial charge in [0.15, 0.2) is 0 Å². The molecule has 1 amide bonds. The summed E-state index contributed by atoms with van der Waals surface area (Å²) in [6.45, 7) is 0. The summed E-state index contributed by atoms with van der Waals surface area (Å²) in [6, 6.07) is 6.82. The minimum absolute atomic E-state index is 0.112. The Morgan fingerprint density at radius 2 is 2.17 bits per heavy atom. The van der Waals surface area contributed by atoms with Gasteiger partial charge in [0.25, 0.3) is 5.76 Å². The lowest BCUT2D eigenvalue weighted by molar-refractivity contribution is -0.113. The van der Waals surface area contributed by atoms with Crippen LogP contribution in [0.2, 0.25) is 0 Å². The highest BCUT2D eigenvalue weighted by molar-refractivity contribution is 8.00. The van der Waals surface area contributed by atoms with Crippen LogP contribution in [0.25, 0.3) is 0 Å². The SMILES string of the molecule is O=C(CSc1nnnn1C1CC1)Nc1ccccc1SC(F)F. The van der Waals surface area contributed by atoms with Crippen LogP contribution in [-0.4, -0.2) is 37.6 Å². The monoisotopic (exact) mass is 357 g/mol. The molecule has 1 aromatic carbocycles. The van der Waals surface area contributed by atoms with E-state index in [-0.39, 0.29) is 11.7 Å². The third-order valence-corrected chi connectivity index (χ3v) is 4.79. The number of benzene rings is 1. The number of rotatable bonds is 7. The van der Waals surface area contributed by atoms with E-state index in [9.17, 15) is 13.6 Å². The smallest absolute Gasteiger partial charge is 0.288 e. The molecule has 1 aliphatic carbocycles. The molecule has 1 aliphatic rings. The first kappa shape index (κ1) is 16.2. The summed E-state index contributed by atoms with van der Waals surface area (Å²) < 4.78 is 26.8. The first-order valence-corrected chi connectivity index (χ1v) is 8.74. The average molecular weight is 357 g/mol. The third kappa shape index (κ3) is 4.41.